The number of hydrogen-bond donors (Lipinski definition) is 3. The smallest absolute Gasteiger partial charge is 0.262 e. The molecule has 1 atom stereocenters. The monoisotopic (exact) mass is 383 g/mol. The number of halogens is 3. The summed E-state index contributed by atoms with van der Waals surface area (Å²) in [5.74, 6) is -2.64. The molecule has 26 heavy (non-hydrogen) atoms. The van der Waals surface area contributed by atoms with Crippen molar-refractivity contribution in [2.45, 2.75) is 18.4 Å². The second-order valence-corrected chi connectivity index (χ2v) is 5.88. The Morgan fingerprint density at radius 1 is 1.15 bits per heavy atom. The van der Waals surface area contributed by atoms with Gasteiger partial charge in [-0.15, -0.1) is 22.6 Å². The summed E-state index contributed by atoms with van der Waals surface area (Å²) < 4.78 is 26.1. The number of alkyl halides is 2. The van der Waals surface area contributed by atoms with Gasteiger partial charge in [-0.3, -0.25) is 10.1 Å². The molecule has 140 valence electrons. The normalized spacial score (nSPS) is 18.0. The van der Waals surface area contributed by atoms with Gasteiger partial charge < -0.3 is 10.6 Å². The molecule has 0 saturated carbocycles. The summed E-state index contributed by atoms with van der Waals surface area (Å²) in [6, 6.07) is 12.5. The van der Waals surface area contributed by atoms with Crippen LogP contribution >= 0.6 is 12.4 Å². The average Bonchev–Trinajstić information content (AvgIpc) is 3.00. The van der Waals surface area contributed by atoms with E-state index in [1.54, 1.807) is 6.07 Å². The van der Waals surface area contributed by atoms with Crippen LogP contribution < -0.4 is 16.0 Å². The molecule has 1 aliphatic heterocycles. The van der Waals surface area contributed by atoms with Crippen LogP contribution in [0.1, 0.15) is 6.42 Å². The Bertz CT molecular complexity index is 715. The summed E-state index contributed by atoms with van der Waals surface area (Å²) in [7, 11) is 0. The number of anilines is 1. The molecule has 1 aliphatic rings. The van der Waals surface area contributed by atoms with E-state index in [0.717, 1.165) is 11.3 Å². The topological polar surface area (TPSA) is 78.9 Å². The Hall–Kier alpha value is -2.32. The second kappa shape index (κ2) is 8.86. The van der Waals surface area contributed by atoms with Crippen molar-refractivity contribution >= 4 is 24.1 Å². The van der Waals surface area contributed by atoms with Crippen LogP contribution in [0.5, 0.6) is 0 Å². The molecule has 0 aliphatic carbocycles. The predicted octanol–water partition coefficient (Wildman–Crippen LogP) is 2.09. The minimum absolute atomic E-state index is 0. The number of nitrogens with one attached hydrogen (secondary N) is 3. The minimum Gasteiger partial charge on any atom is -0.367 e. The van der Waals surface area contributed by atoms with Crippen LogP contribution in [0.2, 0.25) is 0 Å². The highest BCUT2D eigenvalue weighted by Gasteiger charge is 2.42. The molecule has 0 bridgehead atoms. The molecule has 1 saturated heterocycles. The third-order valence-corrected chi connectivity index (χ3v) is 3.89. The van der Waals surface area contributed by atoms with Crippen molar-refractivity contribution in [3.8, 4) is 11.3 Å². The van der Waals surface area contributed by atoms with Gasteiger partial charge in [-0.1, -0.05) is 30.3 Å². The SMILES string of the molecule is Cl.O=C(NCCNc1ccc(-c2ccccc2)nn1)C1CC(F)(F)CN1. The number of carbonyl (C=O) groups excluding carboxylic acids is 1. The van der Waals surface area contributed by atoms with Crippen molar-refractivity contribution in [1.29, 1.82) is 0 Å². The number of amides is 1. The van der Waals surface area contributed by atoms with Crippen LogP contribution in [0.3, 0.4) is 0 Å². The lowest BCUT2D eigenvalue weighted by molar-refractivity contribution is -0.123. The first-order valence-electron chi connectivity index (χ1n) is 8.05. The van der Waals surface area contributed by atoms with Crippen LogP contribution in [-0.2, 0) is 4.79 Å². The highest BCUT2D eigenvalue weighted by Crippen LogP contribution is 2.24. The van der Waals surface area contributed by atoms with Crippen LogP contribution in [-0.4, -0.2) is 47.7 Å². The van der Waals surface area contributed by atoms with Gasteiger partial charge in [0.2, 0.25) is 5.91 Å². The van der Waals surface area contributed by atoms with Crippen LogP contribution in [0, 0.1) is 0 Å². The Morgan fingerprint density at radius 3 is 2.54 bits per heavy atom. The van der Waals surface area contributed by atoms with Crippen LogP contribution in [0.25, 0.3) is 11.3 Å². The summed E-state index contributed by atoms with van der Waals surface area (Å²) >= 11 is 0. The highest BCUT2D eigenvalue weighted by atomic mass is 35.5. The quantitative estimate of drug-likeness (QED) is 0.666. The second-order valence-electron chi connectivity index (χ2n) is 5.88. The van der Waals surface area contributed by atoms with Gasteiger partial charge in [0.25, 0.3) is 5.92 Å². The van der Waals surface area contributed by atoms with Crippen molar-refractivity contribution in [2.24, 2.45) is 0 Å². The molecule has 1 aromatic carbocycles. The molecule has 1 fully saturated rings. The van der Waals surface area contributed by atoms with E-state index in [1.807, 2.05) is 36.4 Å². The lowest BCUT2D eigenvalue weighted by Crippen LogP contribution is -2.42. The third-order valence-electron chi connectivity index (χ3n) is 3.89. The summed E-state index contributed by atoms with van der Waals surface area (Å²) in [6.07, 6.45) is -0.460. The zero-order valence-corrected chi connectivity index (χ0v) is 14.7. The number of hydrogen-bond acceptors (Lipinski definition) is 5. The maximum atomic E-state index is 13.0. The molecule has 9 heteroatoms. The van der Waals surface area contributed by atoms with Gasteiger partial charge in [0, 0.05) is 25.1 Å². The van der Waals surface area contributed by atoms with Crippen LogP contribution in [0.4, 0.5) is 14.6 Å². The molecule has 6 nitrogen and oxygen atoms in total. The molecule has 1 amide bonds. The molecule has 2 heterocycles. The number of nitrogens with zero attached hydrogens (tertiary/aromatic N) is 2. The van der Waals surface area contributed by atoms with E-state index in [9.17, 15) is 13.6 Å². The molecular weight excluding hydrogens is 364 g/mol. The number of benzene rings is 1. The first kappa shape index (κ1) is 20.0. The van der Waals surface area contributed by atoms with Gasteiger partial charge in [-0.05, 0) is 12.1 Å². The lowest BCUT2D eigenvalue weighted by atomic mass is 10.1. The summed E-state index contributed by atoms with van der Waals surface area (Å²) in [4.78, 5) is 11.8. The molecule has 0 spiro atoms. The van der Waals surface area contributed by atoms with Gasteiger partial charge >= 0.3 is 0 Å². The lowest BCUT2D eigenvalue weighted by Gasteiger charge is -2.11. The number of aromatic nitrogens is 2. The Balaban J connectivity index is 0.00000243. The van der Waals surface area contributed by atoms with E-state index < -0.39 is 30.8 Å². The van der Waals surface area contributed by atoms with Gasteiger partial charge in [-0.25, -0.2) is 8.78 Å². The summed E-state index contributed by atoms with van der Waals surface area (Å²) in [5, 5.41) is 16.4. The number of rotatable bonds is 6. The van der Waals surface area contributed by atoms with Gasteiger partial charge in [-0.2, -0.15) is 0 Å². The zero-order chi connectivity index (χ0) is 17.7. The van der Waals surface area contributed by atoms with Gasteiger partial charge in [0.1, 0.15) is 5.82 Å². The van der Waals surface area contributed by atoms with Crippen molar-refractivity contribution in [1.82, 2.24) is 20.8 Å². The fourth-order valence-corrected chi connectivity index (χ4v) is 2.59. The van der Waals surface area contributed by atoms with Gasteiger partial charge in [0.05, 0.1) is 18.3 Å². The van der Waals surface area contributed by atoms with E-state index in [-0.39, 0.29) is 12.4 Å². The van der Waals surface area contributed by atoms with Crippen molar-refractivity contribution in [3.63, 3.8) is 0 Å². The fourth-order valence-electron chi connectivity index (χ4n) is 2.59. The molecule has 1 unspecified atom stereocenters. The van der Waals surface area contributed by atoms with Gasteiger partial charge in [0.15, 0.2) is 0 Å². The van der Waals surface area contributed by atoms with Crippen molar-refractivity contribution in [3.05, 3.63) is 42.5 Å². The Morgan fingerprint density at radius 2 is 1.92 bits per heavy atom. The largest absolute Gasteiger partial charge is 0.367 e. The first-order chi connectivity index (χ1) is 12.0. The van der Waals surface area contributed by atoms with E-state index in [4.69, 9.17) is 0 Å². The van der Waals surface area contributed by atoms with Crippen LogP contribution in [0.15, 0.2) is 42.5 Å². The highest BCUT2D eigenvalue weighted by molar-refractivity contribution is 5.85. The molecule has 3 N–H and O–H groups in total. The number of carbonyl (C=O) groups is 1. The molecule has 3 rings (SSSR count). The maximum absolute atomic E-state index is 13.0. The van der Waals surface area contributed by atoms with E-state index in [1.165, 1.54) is 0 Å². The maximum Gasteiger partial charge on any atom is 0.262 e. The standard InChI is InChI=1S/C17H19F2N5O.ClH/c18-17(19)10-14(22-11-17)16(25)21-9-8-20-15-7-6-13(23-24-15)12-4-2-1-3-5-12;/h1-7,14,22H,8-11H2,(H,20,24)(H,21,25);1H. The van der Waals surface area contributed by atoms with Crippen molar-refractivity contribution < 1.29 is 13.6 Å². The Labute approximate surface area is 156 Å². The summed E-state index contributed by atoms with van der Waals surface area (Å²) in [6.45, 7) is 0.283. The zero-order valence-electron chi connectivity index (χ0n) is 13.9. The van der Waals surface area contributed by atoms with E-state index in [0.29, 0.717) is 18.9 Å². The third kappa shape index (κ3) is 5.34. The predicted molar refractivity (Wildman–Crippen MR) is 97.6 cm³/mol. The Kier molecular flexibility index (Phi) is 6.82. The average molecular weight is 384 g/mol. The van der Waals surface area contributed by atoms with E-state index in [2.05, 4.69) is 26.1 Å². The van der Waals surface area contributed by atoms with E-state index >= 15 is 0 Å². The molecule has 1 aromatic heterocycles. The summed E-state index contributed by atoms with van der Waals surface area (Å²) in [5.41, 5.74) is 1.75. The van der Waals surface area contributed by atoms with Crippen molar-refractivity contribution in [2.75, 3.05) is 25.0 Å². The molecule has 0 radical (unpaired) electrons. The molecule has 2 aromatic rings. The fraction of sp³-hybridized carbons (Fsp3) is 0.353. The minimum atomic E-state index is -2.81. The first-order valence-corrected chi connectivity index (χ1v) is 8.05. The molecular formula is C17H20ClF2N5O.